The summed E-state index contributed by atoms with van der Waals surface area (Å²) >= 11 is 0. The van der Waals surface area contributed by atoms with Gasteiger partial charge in [-0.25, -0.2) is 24.9 Å². The van der Waals surface area contributed by atoms with Crippen molar-refractivity contribution in [2.45, 2.75) is 58.3 Å². The number of H-pyrrole nitrogens is 2. The fraction of sp³-hybridized carbons (Fsp3) is 0.326. The second-order valence-electron chi connectivity index (χ2n) is 15.8. The Bertz CT molecular complexity index is 2650. The van der Waals surface area contributed by atoms with Crippen LogP contribution in [0.1, 0.15) is 98.3 Å². The molecule has 2 aliphatic heterocycles. The Kier molecular flexibility index (Phi) is 7.12. The Hall–Kier alpha value is -5.97. The van der Waals surface area contributed by atoms with E-state index in [0.717, 1.165) is 22.3 Å². The lowest BCUT2D eigenvalue weighted by Gasteiger charge is -2.30. The molecule has 0 aromatic carbocycles. The van der Waals surface area contributed by atoms with Crippen LogP contribution in [0.15, 0.2) is 55.2 Å². The first-order valence-corrected chi connectivity index (χ1v) is 18.7. The molecule has 0 spiro atoms. The molecule has 6 aliphatic carbocycles. The molecule has 0 saturated carbocycles. The van der Waals surface area contributed by atoms with Crippen LogP contribution in [0.5, 0.6) is 0 Å². The summed E-state index contributed by atoms with van der Waals surface area (Å²) < 4.78 is 0. The Morgan fingerprint density at radius 3 is 2.19 bits per heavy atom. The lowest BCUT2D eigenvalue weighted by molar-refractivity contribution is -0.122. The highest BCUT2D eigenvalue weighted by molar-refractivity contribution is 6.24. The molecular formula is C43H37N7O4. The van der Waals surface area contributed by atoms with Crippen LogP contribution in [0.25, 0.3) is 50.7 Å². The van der Waals surface area contributed by atoms with Gasteiger partial charge in [0.05, 0.1) is 17.4 Å². The maximum Gasteiger partial charge on any atom is 0.163 e. The fourth-order valence-corrected chi connectivity index (χ4v) is 9.17. The molecule has 11 rings (SSSR count). The molecule has 8 aliphatic rings. The minimum atomic E-state index is -0.524. The van der Waals surface area contributed by atoms with E-state index < -0.39 is 11.8 Å². The van der Waals surface area contributed by atoms with E-state index in [4.69, 9.17) is 24.9 Å². The van der Waals surface area contributed by atoms with Crippen LogP contribution in [0.4, 0.5) is 0 Å². The summed E-state index contributed by atoms with van der Waals surface area (Å²) in [5, 5.41) is 0. The van der Waals surface area contributed by atoms with Crippen LogP contribution in [0.3, 0.4) is 0 Å². The first kappa shape index (κ1) is 32.7. The topological polar surface area (TPSA) is 164 Å². The molecule has 0 amide bonds. The molecule has 0 saturated heterocycles. The van der Waals surface area contributed by atoms with Crippen molar-refractivity contribution >= 4 is 73.8 Å². The van der Waals surface area contributed by atoms with E-state index in [1.54, 1.807) is 0 Å². The summed E-state index contributed by atoms with van der Waals surface area (Å²) in [7, 11) is 0. The third-order valence-electron chi connectivity index (χ3n) is 12.0. The smallest absolute Gasteiger partial charge is 0.163 e. The third-order valence-corrected chi connectivity index (χ3v) is 12.0. The highest BCUT2D eigenvalue weighted by Gasteiger charge is 2.43. The molecule has 3 aromatic heterocycles. The molecule has 0 fully saturated rings. The van der Waals surface area contributed by atoms with Crippen molar-refractivity contribution in [1.82, 2.24) is 34.9 Å². The predicted molar refractivity (Wildman–Crippen MR) is 204 cm³/mol. The predicted octanol–water partition coefficient (Wildman–Crippen LogP) is 6.85. The number of carbonyl (C=O) groups is 4. The van der Waals surface area contributed by atoms with Crippen molar-refractivity contribution in [3.8, 4) is 0 Å². The van der Waals surface area contributed by atoms with Crippen LogP contribution >= 0.6 is 0 Å². The molecule has 0 radical (unpaired) electrons. The van der Waals surface area contributed by atoms with E-state index in [0.29, 0.717) is 88.0 Å². The van der Waals surface area contributed by atoms with Gasteiger partial charge < -0.3 is 9.97 Å². The largest absolute Gasteiger partial charge is 0.340 e. The van der Waals surface area contributed by atoms with Gasteiger partial charge in [-0.1, -0.05) is 63.8 Å². The number of fused-ring (bicyclic) bond motifs is 12. The highest BCUT2D eigenvalue weighted by atomic mass is 16.1. The zero-order chi connectivity index (χ0) is 37.2. The summed E-state index contributed by atoms with van der Waals surface area (Å²) in [5.41, 5.74) is 7.31. The van der Waals surface area contributed by atoms with Gasteiger partial charge in [-0.15, -0.1) is 0 Å². The number of allylic oxidation sites excluding steroid dienone is 10. The molecule has 7 unspecified atom stereocenters. The van der Waals surface area contributed by atoms with Crippen molar-refractivity contribution < 1.29 is 19.2 Å². The normalized spacial score (nSPS) is 28.5. The van der Waals surface area contributed by atoms with Gasteiger partial charge in [-0.05, 0) is 30.0 Å². The van der Waals surface area contributed by atoms with Gasteiger partial charge in [0, 0.05) is 87.9 Å². The van der Waals surface area contributed by atoms with Crippen LogP contribution in [-0.2, 0) is 19.2 Å². The summed E-state index contributed by atoms with van der Waals surface area (Å²) in [6.07, 6.45) is 15.2. The molecule has 11 nitrogen and oxygen atoms in total. The van der Waals surface area contributed by atoms with Gasteiger partial charge in [-0.2, -0.15) is 0 Å². The quantitative estimate of drug-likeness (QED) is 0.213. The number of aromatic nitrogens is 7. The highest BCUT2D eigenvalue weighted by Crippen LogP contribution is 2.49. The van der Waals surface area contributed by atoms with Gasteiger partial charge in [-0.3, -0.25) is 19.2 Å². The Morgan fingerprint density at radius 1 is 0.667 bits per heavy atom. The van der Waals surface area contributed by atoms with E-state index in [1.807, 2.05) is 63.3 Å². The van der Waals surface area contributed by atoms with Crippen molar-refractivity contribution in [2.24, 2.45) is 29.6 Å². The SMILES string of the molecule is C=C1C(=O)CC(C)c2c1c1cc3cc(C4C=CC(C)CC4=O)c(nc4nc(nc5nc(nc2[nH]1)C1=C5C2C=CC1C(=O)C2)C=C4C1C=CC(C)C(=O)C1)[nH]3. The number of hydrogen-bond acceptors (Lipinski definition) is 9. The number of rotatable bonds is 2. The molecule has 268 valence electrons. The molecule has 10 bridgehead atoms. The van der Waals surface area contributed by atoms with Crippen molar-refractivity contribution in [3.63, 3.8) is 0 Å². The number of carbonyl (C=O) groups excluding carboxylic acids is 4. The Morgan fingerprint density at radius 2 is 1.39 bits per heavy atom. The van der Waals surface area contributed by atoms with Crippen molar-refractivity contribution in [3.05, 3.63) is 95.2 Å². The number of aromatic amines is 2. The zero-order valence-electron chi connectivity index (χ0n) is 30.1. The van der Waals surface area contributed by atoms with E-state index in [1.165, 1.54) is 0 Å². The number of Topliss-reactive ketones (excluding diaryl/α,β-unsaturated/α-hetero) is 4. The van der Waals surface area contributed by atoms with Crippen molar-refractivity contribution in [1.29, 1.82) is 0 Å². The van der Waals surface area contributed by atoms with Gasteiger partial charge in [0.25, 0.3) is 0 Å². The lowest BCUT2D eigenvalue weighted by Crippen LogP contribution is -2.28. The van der Waals surface area contributed by atoms with Crippen molar-refractivity contribution in [2.75, 3.05) is 0 Å². The van der Waals surface area contributed by atoms with Gasteiger partial charge in [0.2, 0.25) is 0 Å². The number of hydrogen-bond donors (Lipinski definition) is 2. The summed E-state index contributed by atoms with van der Waals surface area (Å²) in [5.74, 6) is 0.231. The third kappa shape index (κ3) is 4.97. The van der Waals surface area contributed by atoms with Crippen LogP contribution in [0, 0.1) is 29.6 Å². The molecule has 54 heavy (non-hydrogen) atoms. The minimum absolute atomic E-state index is 0.0380. The van der Waals surface area contributed by atoms with Gasteiger partial charge >= 0.3 is 0 Å². The molecular weight excluding hydrogens is 679 g/mol. The first-order valence-electron chi connectivity index (χ1n) is 18.7. The first-order chi connectivity index (χ1) is 26.0. The zero-order valence-corrected chi connectivity index (χ0v) is 30.1. The van der Waals surface area contributed by atoms with Crippen LogP contribution in [0.2, 0.25) is 0 Å². The average Bonchev–Trinajstić information content (AvgIpc) is 3.90. The van der Waals surface area contributed by atoms with Crippen LogP contribution in [-0.4, -0.2) is 58.0 Å². The monoisotopic (exact) mass is 715 g/mol. The maximum absolute atomic E-state index is 13.6. The molecule has 3 aromatic rings. The molecule has 2 N–H and O–H groups in total. The van der Waals surface area contributed by atoms with E-state index >= 15 is 0 Å². The van der Waals surface area contributed by atoms with E-state index in [9.17, 15) is 19.2 Å². The molecule has 7 atom stereocenters. The second-order valence-corrected chi connectivity index (χ2v) is 15.8. The standard InChI is InChI=1S/C43H37N7O4/c1-18-5-9-25(32(53)11-18)28-15-24-16-29-36-21(4)31(52)12-20(3)35(36)41(45-29)49-43-38-26-10-8-23(14-33(26)54)37(38)42(50-43)47-34-17-27(39(46-34)48-40(28)44-24)22-7-6-19(2)30(51)13-22/h5-10,15-20,22-23,25-26H,4,11-14H2,1-3H3,(H2,44,45,46,47,48,49,50). The second kappa shape index (κ2) is 11.8. The summed E-state index contributed by atoms with van der Waals surface area (Å²) in [6.45, 7) is 10.1. The fourth-order valence-electron chi connectivity index (χ4n) is 9.17. The number of nitrogens with one attached hydrogen (secondary N) is 2. The lowest BCUT2D eigenvalue weighted by atomic mass is 9.71. The summed E-state index contributed by atoms with van der Waals surface area (Å²) in [4.78, 5) is 85.3. The maximum atomic E-state index is 13.6. The van der Waals surface area contributed by atoms with E-state index in [2.05, 4.69) is 28.7 Å². The Labute approximate surface area is 310 Å². The van der Waals surface area contributed by atoms with Gasteiger partial charge in [0.15, 0.2) is 29.1 Å². The van der Waals surface area contributed by atoms with Gasteiger partial charge in [0.1, 0.15) is 28.6 Å². The minimum Gasteiger partial charge on any atom is -0.340 e. The molecule has 11 heteroatoms. The molecule has 5 heterocycles. The number of nitrogens with zero attached hydrogens (tertiary/aromatic N) is 5. The number of ketones is 4. The van der Waals surface area contributed by atoms with E-state index in [-0.39, 0.29) is 52.7 Å². The summed E-state index contributed by atoms with van der Waals surface area (Å²) in [6, 6.07) is 3.83. The average molecular weight is 716 g/mol. The Balaban J connectivity index is 1.31. The van der Waals surface area contributed by atoms with Crippen LogP contribution < -0.4 is 0 Å².